The number of aromatic nitrogens is 1. The molecule has 5 aromatic rings. The smallest absolute Gasteiger partial charge is 0.0541 e. The Morgan fingerprint density at radius 3 is 2.04 bits per heavy atom. The molecule has 0 N–H and O–H groups in total. The summed E-state index contributed by atoms with van der Waals surface area (Å²) in [5, 5.41) is 2.59. The van der Waals surface area contributed by atoms with Gasteiger partial charge >= 0.3 is 0 Å². The summed E-state index contributed by atoms with van der Waals surface area (Å²) in [6, 6.07) is 35.0. The zero-order chi connectivity index (χ0) is 18.2. The molecule has 1 aromatic heterocycles. The van der Waals surface area contributed by atoms with Gasteiger partial charge in [-0.1, -0.05) is 73.7 Å². The molecule has 130 valence electrons. The van der Waals surface area contributed by atoms with Gasteiger partial charge in [0.1, 0.15) is 0 Å². The number of aryl methyl sites for hydroxylation is 1. The summed E-state index contributed by atoms with van der Waals surface area (Å²) in [5.41, 5.74) is 7.60. The molecule has 0 bridgehead atoms. The van der Waals surface area contributed by atoms with Crippen molar-refractivity contribution in [2.75, 3.05) is 0 Å². The van der Waals surface area contributed by atoms with Crippen LogP contribution in [0.25, 0.3) is 38.6 Å². The second-order valence-corrected chi connectivity index (χ2v) is 6.97. The molecule has 1 nitrogen and oxygen atoms in total. The van der Waals surface area contributed by atoms with Gasteiger partial charge in [-0.25, -0.2) is 0 Å². The number of fused-ring (bicyclic) bond motifs is 3. The van der Waals surface area contributed by atoms with E-state index in [1.54, 1.807) is 0 Å². The van der Waals surface area contributed by atoms with Crippen LogP contribution in [-0.2, 0) is 6.42 Å². The first-order valence-electron chi connectivity index (χ1n) is 9.53. The molecule has 4 aromatic carbocycles. The first-order valence-corrected chi connectivity index (χ1v) is 9.53. The lowest BCUT2D eigenvalue weighted by Crippen LogP contribution is -1.92. The fourth-order valence-corrected chi connectivity index (χ4v) is 3.94. The Kier molecular flexibility index (Phi) is 3.79. The lowest BCUT2D eigenvalue weighted by molar-refractivity contribution is 1.14. The maximum absolute atomic E-state index is 2.36. The molecule has 1 heteroatoms. The lowest BCUT2D eigenvalue weighted by Gasteiger charge is -2.08. The van der Waals surface area contributed by atoms with Crippen LogP contribution in [0.2, 0.25) is 0 Å². The van der Waals surface area contributed by atoms with E-state index in [2.05, 4.69) is 109 Å². The van der Waals surface area contributed by atoms with Crippen LogP contribution in [0.3, 0.4) is 0 Å². The fraction of sp³-hybridized carbons (Fsp3) is 0.0769. The molecule has 0 saturated carbocycles. The van der Waals surface area contributed by atoms with Crippen LogP contribution in [0.4, 0.5) is 0 Å². The van der Waals surface area contributed by atoms with E-state index in [9.17, 15) is 0 Å². The van der Waals surface area contributed by atoms with Gasteiger partial charge < -0.3 is 4.57 Å². The Labute approximate surface area is 159 Å². The Morgan fingerprint density at radius 2 is 1.26 bits per heavy atom. The van der Waals surface area contributed by atoms with Crippen LogP contribution in [-0.4, -0.2) is 4.57 Å². The van der Waals surface area contributed by atoms with Crippen molar-refractivity contribution >= 4 is 21.8 Å². The van der Waals surface area contributed by atoms with Gasteiger partial charge in [-0.3, -0.25) is 0 Å². The predicted octanol–water partition coefficient (Wildman–Crippen LogP) is 7.01. The van der Waals surface area contributed by atoms with Crippen LogP contribution in [0.15, 0.2) is 97.1 Å². The first-order chi connectivity index (χ1) is 13.3. The van der Waals surface area contributed by atoms with Crippen molar-refractivity contribution in [2.45, 2.75) is 13.3 Å². The Balaban J connectivity index is 1.77. The van der Waals surface area contributed by atoms with Gasteiger partial charge in [0.05, 0.1) is 11.0 Å². The molecule has 5 rings (SSSR count). The SMILES string of the molecule is CCc1ccc(-c2ccc3c(c2)c2ccccc2n3-c2ccccc2)cc1. The number of benzene rings is 4. The van der Waals surface area contributed by atoms with Gasteiger partial charge in [-0.2, -0.15) is 0 Å². The number of hydrogen-bond acceptors (Lipinski definition) is 0. The zero-order valence-corrected chi connectivity index (χ0v) is 15.4. The van der Waals surface area contributed by atoms with E-state index in [1.165, 1.54) is 44.2 Å². The Hall–Kier alpha value is -3.32. The second kappa shape index (κ2) is 6.44. The van der Waals surface area contributed by atoms with Crippen molar-refractivity contribution in [2.24, 2.45) is 0 Å². The van der Waals surface area contributed by atoms with E-state index < -0.39 is 0 Å². The molecule has 0 amide bonds. The highest BCUT2D eigenvalue weighted by Gasteiger charge is 2.12. The molecule has 0 atom stereocenters. The summed E-state index contributed by atoms with van der Waals surface area (Å²) in [7, 11) is 0. The van der Waals surface area contributed by atoms with Gasteiger partial charge in [0.2, 0.25) is 0 Å². The van der Waals surface area contributed by atoms with Gasteiger partial charge in [-0.05, 0) is 53.4 Å². The normalized spacial score (nSPS) is 11.3. The van der Waals surface area contributed by atoms with Crippen molar-refractivity contribution in [3.8, 4) is 16.8 Å². The second-order valence-electron chi connectivity index (χ2n) is 6.97. The van der Waals surface area contributed by atoms with Crippen LogP contribution < -0.4 is 0 Å². The third kappa shape index (κ3) is 2.63. The minimum Gasteiger partial charge on any atom is -0.309 e. The lowest BCUT2D eigenvalue weighted by atomic mass is 10.0. The van der Waals surface area contributed by atoms with Crippen LogP contribution in [0, 0.1) is 0 Å². The number of para-hydroxylation sites is 2. The Bertz CT molecular complexity index is 1230. The van der Waals surface area contributed by atoms with Crippen LogP contribution in [0.1, 0.15) is 12.5 Å². The average molecular weight is 347 g/mol. The topological polar surface area (TPSA) is 4.93 Å². The van der Waals surface area contributed by atoms with Crippen LogP contribution >= 0.6 is 0 Å². The summed E-state index contributed by atoms with van der Waals surface area (Å²) in [5.74, 6) is 0. The summed E-state index contributed by atoms with van der Waals surface area (Å²) >= 11 is 0. The van der Waals surface area contributed by atoms with Gasteiger partial charge in [0, 0.05) is 16.5 Å². The highest BCUT2D eigenvalue weighted by molar-refractivity contribution is 6.10. The molecule has 27 heavy (non-hydrogen) atoms. The van der Waals surface area contributed by atoms with Crippen molar-refractivity contribution in [1.82, 2.24) is 4.57 Å². The summed E-state index contributed by atoms with van der Waals surface area (Å²) in [6.45, 7) is 2.19. The minimum atomic E-state index is 1.07. The van der Waals surface area contributed by atoms with Crippen molar-refractivity contribution < 1.29 is 0 Å². The van der Waals surface area contributed by atoms with Crippen molar-refractivity contribution in [3.05, 3.63) is 103 Å². The maximum Gasteiger partial charge on any atom is 0.0541 e. The highest BCUT2D eigenvalue weighted by Crippen LogP contribution is 2.34. The largest absolute Gasteiger partial charge is 0.309 e. The van der Waals surface area contributed by atoms with E-state index in [1.807, 2.05) is 0 Å². The van der Waals surface area contributed by atoms with Gasteiger partial charge in [-0.15, -0.1) is 0 Å². The van der Waals surface area contributed by atoms with E-state index in [0.717, 1.165) is 6.42 Å². The third-order valence-corrected chi connectivity index (χ3v) is 5.38. The molecule has 0 saturated heterocycles. The number of hydrogen-bond donors (Lipinski definition) is 0. The molecule has 0 radical (unpaired) electrons. The van der Waals surface area contributed by atoms with Gasteiger partial charge in [0.15, 0.2) is 0 Å². The number of nitrogens with zero attached hydrogens (tertiary/aromatic N) is 1. The quantitative estimate of drug-likeness (QED) is 0.331. The maximum atomic E-state index is 2.36. The molecule has 1 heterocycles. The molecule has 0 unspecified atom stereocenters. The molecule has 0 aliphatic carbocycles. The zero-order valence-electron chi connectivity index (χ0n) is 15.4. The van der Waals surface area contributed by atoms with Gasteiger partial charge in [0.25, 0.3) is 0 Å². The molecular formula is C26H21N. The van der Waals surface area contributed by atoms with E-state index in [4.69, 9.17) is 0 Å². The van der Waals surface area contributed by atoms with E-state index in [-0.39, 0.29) is 0 Å². The Morgan fingerprint density at radius 1 is 0.593 bits per heavy atom. The summed E-state index contributed by atoms with van der Waals surface area (Å²) < 4.78 is 2.36. The van der Waals surface area contributed by atoms with Crippen molar-refractivity contribution in [3.63, 3.8) is 0 Å². The average Bonchev–Trinajstić information content (AvgIpc) is 3.08. The molecule has 0 aliphatic heterocycles. The van der Waals surface area contributed by atoms with Crippen molar-refractivity contribution in [1.29, 1.82) is 0 Å². The summed E-state index contributed by atoms with van der Waals surface area (Å²) in [4.78, 5) is 0. The van der Waals surface area contributed by atoms with E-state index >= 15 is 0 Å². The predicted molar refractivity (Wildman–Crippen MR) is 116 cm³/mol. The van der Waals surface area contributed by atoms with Crippen LogP contribution in [0.5, 0.6) is 0 Å². The minimum absolute atomic E-state index is 1.07. The third-order valence-electron chi connectivity index (χ3n) is 5.38. The number of rotatable bonds is 3. The summed E-state index contributed by atoms with van der Waals surface area (Å²) in [6.07, 6.45) is 1.07. The first kappa shape index (κ1) is 15.9. The molecule has 0 spiro atoms. The molecule has 0 fully saturated rings. The highest BCUT2D eigenvalue weighted by atomic mass is 15.0. The standard InChI is InChI=1S/C26H21N/c1-2-19-12-14-20(15-13-19)21-16-17-26-24(18-21)23-10-6-7-11-25(23)27(26)22-8-4-3-5-9-22/h3-18H,2H2,1H3. The monoisotopic (exact) mass is 347 g/mol. The fourth-order valence-electron chi connectivity index (χ4n) is 3.94. The molecular weight excluding hydrogens is 326 g/mol. The van der Waals surface area contributed by atoms with E-state index in [0.29, 0.717) is 0 Å². The molecule has 0 aliphatic rings.